The third-order valence-electron chi connectivity index (χ3n) is 5.52. The largest absolute Gasteiger partial charge is 0.325 e. The fourth-order valence-electron chi connectivity index (χ4n) is 4.27. The number of fused-ring (bicyclic) bond motifs is 5. The van der Waals surface area contributed by atoms with Crippen LogP contribution in [0.3, 0.4) is 0 Å². The van der Waals surface area contributed by atoms with Gasteiger partial charge < -0.3 is 5.32 Å². The van der Waals surface area contributed by atoms with Crippen LogP contribution in [0.15, 0.2) is 41.7 Å². The third kappa shape index (κ3) is 4.04. The van der Waals surface area contributed by atoms with Crippen LogP contribution in [0.25, 0.3) is 20.4 Å². The van der Waals surface area contributed by atoms with Crippen molar-refractivity contribution in [1.29, 1.82) is 0 Å². The van der Waals surface area contributed by atoms with E-state index in [-0.39, 0.29) is 5.91 Å². The maximum absolute atomic E-state index is 12.4. The minimum atomic E-state index is -0.0395. The summed E-state index contributed by atoms with van der Waals surface area (Å²) < 4.78 is 1.04. The molecule has 0 atom stereocenters. The smallest absolute Gasteiger partial charge is 0.234 e. The molecule has 5 rings (SSSR count). The number of nitrogens with zero attached hydrogens (tertiary/aromatic N) is 3. The van der Waals surface area contributed by atoms with E-state index in [1.54, 1.807) is 17.7 Å². The van der Waals surface area contributed by atoms with E-state index in [4.69, 9.17) is 4.98 Å². The number of hydrogen-bond donors (Lipinski definition) is 1. The number of benzene rings is 1. The molecule has 1 aromatic carbocycles. The molecule has 0 unspecified atom stereocenters. The lowest BCUT2D eigenvalue weighted by Gasteiger charge is -2.11. The molecular weight excluding hydrogens is 424 g/mol. The van der Waals surface area contributed by atoms with Crippen LogP contribution in [-0.4, -0.2) is 26.6 Å². The molecule has 1 aliphatic carbocycles. The van der Waals surface area contributed by atoms with Crippen LogP contribution >= 0.6 is 23.1 Å². The summed E-state index contributed by atoms with van der Waals surface area (Å²) >= 11 is 3.12. The van der Waals surface area contributed by atoms with Crippen molar-refractivity contribution in [1.82, 2.24) is 15.0 Å². The Kier molecular flexibility index (Phi) is 5.63. The first-order valence-corrected chi connectivity index (χ1v) is 12.5. The Hall–Kier alpha value is -2.51. The molecule has 3 aromatic heterocycles. The van der Waals surface area contributed by atoms with Gasteiger partial charge in [-0.2, -0.15) is 0 Å². The Balaban J connectivity index is 1.48. The van der Waals surface area contributed by atoms with Crippen molar-refractivity contribution in [2.45, 2.75) is 44.6 Å². The van der Waals surface area contributed by atoms with Gasteiger partial charge in [0, 0.05) is 16.8 Å². The lowest BCUT2D eigenvalue weighted by Crippen LogP contribution is -2.13. The summed E-state index contributed by atoms with van der Waals surface area (Å²) in [6.45, 7) is 4.50. The molecule has 0 fully saturated rings. The number of carbonyl (C=O) groups excluding carboxylic acids is 1. The van der Waals surface area contributed by atoms with E-state index in [2.05, 4.69) is 29.1 Å². The molecule has 4 aromatic rings. The Labute approximate surface area is 189 Å². The summed E-state index contributed by atoms with van der Waals surface area (Å²) in [6.07, 6.45) is 6.03. The summed E-state index contributed by atoms with van der Waals surface area (Å²) in [6, 6.07) is 9.53. The number of thioether (sulfide) groups is 1. The molecule has 0 saturated carbocycles. The number of nitrogens with one attached hydrogen (secondary N) is 1. The Morgan fingerprint density at radius 1 is 1.16 bits per heavy atom. The third-order valence-corrected chi connectivity index (χ3v) is 7.72. The highest BCUT2D eigenvalue weighted by Crippen LogP contribution is 2.42. The summed E-state index contributed by atoms with van der Waals surface area (Å²) in [5, 5.41) is 5.00. The number of hydrogen-bond acceptors (Lipinski definition) is 6. The van der Waals surface area contributed by atoms with Gasteiger partial charge in [0.25, 0.3) is 0 Å². The van der Waals surface area contributed by atoms with Crippen LogP contribution in [0, 0.1) is 5.92 Å². The molecule has 1 N–H and O–H groups in total. The van der Waals surface area contributed by atoms with Crippen LogP contribution < -0.4 is 5.32 Å². The maximum atomic E-state index is 12.4. The van der Waals surface area contributed by atoms with E-state index in [9.17, 15) is 4.79 Å². The lowest BCUT2D eigenvalue weighted by atomic mass is 9.99. The fourth-order valence-corrected chi connectivity index (χ4v) is 6.32. The van der Waals surface area contributed by atoms with Gasteiger partial charge in [-0.15, -0.1) is 11.3 Å². The Morgan fingerprint density at radius 3 is 2.77 bits per heavy atom. The van der Waals surface area contributed by atoms with E-state index in [0.29, 0.717) is 11.7 Å². The van der Waals surface area contributed by atoms with Crippen LogP contribution in [0.1, 0.15) is 37.1 Å². The highest BCUT2D eigenvalue weighted by molar-refractivity contribution is 8.00. The summed E-state index contributed by atoms with van der Waals surface area (Å²) in [5.41, 5.74) is 5.92. The van der Waals surface area contributed by atoms with Gasteiger partial charge in [-0.3, -0.25) is 4.79 Å². The number of anilines is 1. The zero-order valence-corrected chi connectivity index (χ0v) is 19.3. The van der Waals surface area contributed by atoms with Gasteiger partial charge in [0.2, 0.25) is 5.91 Å². The number of aromatic nitrogens is 3. The lowest BCUT2D eigenvalue weighted by molar-refractivity contribution is -0.113. The fraction of sp³-hybridized carbons (Fsp3) is 0.333. The average Bonchev–Trinajstić information content (AvgIpc) is 3.37. The number of pyridine rings is 1. The monoisotopic (exact) mass is 448 g/mol. The number of thiophene rings is 1. The van der Waals surface area contributed by atoms with Crippen molar-refractivity contribution in [3.63, 3.8) is 0 Å². The van der Waals surface area contributed by atoms with Crippen molar-refractivity contribution in [2.24, 2.45) is 5.92 Å². The van der Waals surface area contributed by atoms with Gasteiger partial charge in [0.15, 0.2) is 0 Å². The number of aryl methyl sites for hydroxylation is 1. The molecule has 0 bridgehead atoms. The highest BCUT2D eigenvalue weighted by atomic mass is 32.2. The average molecular weight is 449 g/mol. The molecule has 0 spiro atoms. The molecule has 0 radical (unpaired) electrons. The molecule has 5 nitrogen and oxygen atoms in total. The zero-order chi connectivity index (χ0) is 21.4. The molecule has 0 saturated heterocycles. The van der Waals surface area contributed by atoms with Gasteiger partial charge in [0.05, 0.1) is 16.0 Å². The second kappa shape index (κ2) is 8.55. The predicted molar refractivity (Wildman–Crippen MR) is 129 cm³/mol. The maximum Gasteiger partial charge on any atom is 0.234 e. The van der Waals surface area contributed by atoms with Gasteiger partial charge >= 0.3 is 0 Å². The van der Waals surface area contributed by atoms with E-state index < -0.39 is 0 Å². The minimum Gasteiger partial charge on any atom is -0.325 e. The first-order chi connectivity index (χ1) is 15.1. The number of amides is 1. The first-order valence-electron chi connectivity index (χ1n) is 10.7. The molecule has 0 aliphatic heterocycles. The Bertz CT molecular complexity index is 1270. The second-order valence-corrected chi connectivity index (χ2v) is 10.3. The highest BCUT2D eigenvalue weighted by Gasteiger charge is 2.24. The number of carbonyl (C=O) groups is 1. The van der Waals surface area contributed by atoms with Crippen LogP contribution in [-0.2, 0) is 24.1 Å². The van der Waals surface area contributed by atoms with Crippen molar-refractivity contribution in [3.05, 3.63) is 53.5 Å². The number of para-hydroxylation sites is 1. The molecule has 31 heavy (non-hydrogen) atoms. The first kappa shape index (κ1) is 20.4. The Morgan fingerprint density at radius 2 is 1.97 bits per heavy atom. The molecule has 7 heteroatoms. The van der Waals surface area contributed by atoms with Crippen LogP contribution in [0.2, 0.25) is 0 Å². The van der Waals surface area contributed by atoms with Crippen molar-refractivity contribution in [3.8, 4) is 0 Å². The molecule has 158 valence electrons. The zero-order valence-electron chi connectivity index (χ0n) is 17.6. The predicted octanol–water partition coefficient (Wildman–Crippen LogP) is 5.66. The summed E-state index contributed by atoms with van der Waals surface area (Å²) in [4.78, 5) is 27.7. The summed E-state index contributed by atoms with van der Waals surface area (Å²) in [7, 11) is 0. The van der Waals surface area contributed by atoms with E-state index >= 15 is 0 Å². The van der Waals surface area contributed by atoms with Crippen molar-refractivity contribution < 1.29 is 4.79 Å². The van der Waals surface area contributed by atoms with Crippen molar-refractivity contribution in [2.75, 3.05) is 11.1 Å². The SMILES string of the molecule is CC(C)Cc1nc2sc3c(SCC(=O)Nc4ccccc4)ncnc3c2c2c1CCC2. The van der Waals surface area contributed by atoms with E-state index in [0.717, 1.165) is 45.0 Å². The van der Waals surface area contributed by atoms with Gasteiger partial charge in [0.1, 0.15) is 16.2 Å². The standard InChI is InChI=1S/C24H24N4OS2/c1-14(2)11-18-16-9-6-10-17(16)20-21-22(31-23(20)28-18)24(26-13-25-21)30-12-19(29)27-15-7-4-3-5-8-15/h3-5,7-8,13-14H,6,9-12H2,1-2H3,(H,27,29). The van der Waals surface area contributed by atoms with Crippen LogP contribution in [0.5, 0.6) is 0 Å². The van der Waals surface area contributed by atoms with Crippen LogP contribution in [0.4, 0.5) is 5.69 Å². The molecule has 1 aliphatic rings. The minimum absolute atomic E-state index is 0.0395. The molecule has 3 heterocycles. The van der Waals surface area contributed by atoms with Gasteiger partial charge in [-0.05, 0) is 54.9 Å². The normalized spacial score (nSPS) is 13.3. The van der Waals surface area contributed by atoms with E-state index in [1.165, 1.54) is 40.4 Å². The number of rotatable bonds is 6. The quantitative estimate of drug-likeness (QED) is 0.305. The summed E-state index contributed by atoms with van der Waals surface area (Å²) in [5.74, 6) is 0.847. The topological polar surface area (TPSA) is 67.8 Å². The van der Waals surface area contributed by atoms with Gasteiger partial charge in [-0.25, -0.2) is 15.0 Å². The molecule has 1 amide bonds. The molecular formula is C24H24N4OS2. The van der Waals surface area contributed by atoms with Crippen molar-refractivity contribution >= 4 is 55.1 Å². The van der Waals surface area contributed by atoms with Gasteiger partial charge in [-0.1, -0.05) is 43.8 Å². The van der Waals surface area contributed by atoms with E-state index in [1.807, 2.05) is 30.3 Å². The second-order valence-electron chi connectivity index (χ2n) is 8.31.